The summed E-state index contributed by atoms with van der Waals surface area (Å²) < 4.78 is 5.40. The Balaban J connectivity index is 1.64. The van der Waals surface area contributed by atoms with Gasteiger partial charge in [0.2, 0.25) is 0 Å². The Hall–Kier alpha value is -3.03. The standard InChI is InChI=1S/C24H27N3O4/c1-17-6-8-18(9-7-17)22(28)20-21(19-5-2-3-10-25-19)27(24(30)23(20)29)12-4-11-26-13-15-31-16-14-26/h2-3,5-10,21,28H,4,11-16H2,1H3/p+1/t21-/m0/s1. The molecule has 162 valence electrons. The van der Waals surface area contributed by atoms with Crippen LogP contribution in [-0.4, -0.2) is 66.1 Å². The number of ether oxygens (including phenoxy) is 1. The van der Waals surface area contributed by atoms with Crippen molar-refractivity contribution in [1.29, 1.82) is 0 Å². The minimum atomic E-state index is -0.692. The molecule has 1 atom stereocenters. The van der Waals surface area contributed by atoms with E-state index in [9.17, 15) is 14.7 Å². The van der Waals surface area contributed by atoms with Crippen LogP contribution in [-0.2, 0) is 14.3 Å². The Labute approximate surface area is 182 Å². The number of carbonyl (C=O) groups is 2. The first kappa shape index (κ1) is 21.2. The molecule has 0 saturated carbocycles. The van der Waals surface area contributed by atoms with Crippen LogP contribution in [0.25, 0.3) is 5.76 Å². The molecule has 7 heteroatoms. The number of morpholine rings is 1. The third-order valence-corrected chi connectivity index (χ3v) is 5.96. The summed E-state index contributed by atoms with van der Waals surface area (Å²) >= 11 is 0. The molecule has 0 spiro atoms. The van der Waals surface area contributed by atoms with Gasteiger partial charge < -0.3 is 19.6 Å². The van der Waals surface area contributed by atoms with Crippen molar-refractivity contribution in [2.24, 2.45) is 0 Å². The van der Waals surface area contributed by atoms with E-state index in [1.165, 1.54) is 4.90 Å². The average Bonchev–Trinajstić information content (AvgIpc) is 3.05. The second kappa shape index (κ2) is 9.41. The van der Waals surface area contributed by atoms with Crippen molar-refractivity contribution in [2.45, 2.75) is 19.4 Å². The highest BCUT2D eigenvalue weighted by molar-refractivity contribution is 6.46. The number of aromatic nitrogens is 1. The number of aliphatic hydroxyl groups excluding tert-OH is 1. The van der Waals surface area contributed by atoms with Crippen LogP contribution in [0.4, 0.5) is 0 Å². The van der Waals surface area contributed by atoms with E-state index in [0.29, 0.717) is 17.8 Å². The molecule has 0 unspecified atom stereocenters. The van der Waals surface area contributed by atoms with Gasteiger partial charge in [0, 0.05) is 24.7 Å². The molecule has 4 rings (SSSR count). The summed E-state index contributed by atoms with van der Waals surface area (Å²) in [4.78, 5) is 33.3. The van der Waals surface area contributed by atoms with Crippen LogP contribution in [0.5, 0.6) is 0 Å². The number of carbonyl (C=O) groups excluding carboxylic acids is 2. The number of Topliss-reactive ketones (excluding diaryl/α,β-unsaturated/α-hetero) is 1. The van der Waals surface area contributed by atoms with Crippen LogP contribution < -0.4 is 4.90 Å². The molecule has 1 amide bonds. The Kier molecular flexibility index (Phi) is 6.44. The number of aliphatic hydroxyl groups is 1. The second-order valence-corrected chi connectivity index (χ2v) is 8.08. The van der Waals surface area contributed by atoms with Crippen LogP contribution in [0.15, 0.2) is 54.2 Å². The lowest BCUT2D eigenvalue weighted by Crippen LogP contribution is -3.14. The maximum Gasteiger partial charge on any atom is 0.295 e. The highest BCUT2D eigenvalue weighted by Gasteiger charge is 2.46. The lowest BCUT2D eigenvalue weighted by Gasteiger charge is -2.27. The van der Waals surface area contributed by atoms with Crippen LogP contribution in [0, 0.1) is 6.92 Å². The molecular formula is C24H28N3O4+. The van der Waals surface area contributed by atoms with Gasteiger partial charge in [-0.15, -0.1) is 0 Å². The molecule has 2 aromatic rings. The lowest BCUT2D eigenvalue weighted by atomic mass is 9.98. The fourth-order valence-electron chi connectivity index (χ4n) is 4.23. The summed E-state index contributed by atoms with van der Waals surface area (Å²) in [6.07, 6.45) is 2.40. The first-order valence-electron chi connectivity index (χ1n) is 10.7. The molecule has 0 radical (unpaired) electrons. The van der Waals surface area contributed by atoms with E-state index in [1.807, 2.05) is 25.1 Å². The number of pyridine rings is 1. The summed E-state index contributed by atoms with van der Waals surface area (Å²) in [6.45, 7) is 6.70. The fraction of sp³-hybridized carbons (Fsp3) is 0.375. The Bertz CT molecular complexity index is 966. The molecule has 1 aromatic heterocycles. The van der Waals surface area contributed by atoms with Crippen molar-refractivity contribution >= 4 is 17.4 Å². The molecule has 7 nitrogen and oxygen atoms in total. The van der Waals surface area contributed by atoms with Gasteiger partial charge in [0.1, 0.15) is 24.9 Å². The number of benzene rings is 1. The van der Waals surface area contributed by atoms with Gasteiger partial charge in [-0.3, -0.25) is 14.6 Å². The van der Waals surface area contributed by atoms with Crippen molar-refractivity contribution in [3.05, 3.63) is 71.1 Å². The molecular weight excluding hydrogens is 394 g/mol. The van der Waals surface area contributed by atoms with E-state index < -0.39 is 17.7 Å². The van der Waals surface area contributed by atoms with Crippen molar-refractivity contribution in [3.63, 3.8) is 0 Å². The largest absolute Gasteiger partial charge is 0.507 e. The molecule has 2 aliphatic heterocycles. The first-order chi connectivity index (χ1) is 15.1. The number of hydrogen-bond acceptors (Lipinski definition) is 5. The normalized spacial score (nSPS) is 21.6. The third kappa shape index (κ3) is 4.52. The van der Waals surface area contributed by atoms with Crippen LogP contribution in [0.1, 0.15) is 29.3 Å². The summed E-state index contributed by atoms with van der Waals surface area (Å²) in [5.41, 5.74) is 2.24. The van der Waals surface area contributed by atoms with Gasteiger partial charge in [0.05, 0.1) is 31.0 Å². The second-order valence-electron chi connectivity index (χ2n) is 8.08. The quantitative estimate of drug-likeness (QED) is 0.414. The number of nitrogens with zero attached hydrogens (tertiary/aromatic N) is 2. The molecule has 2 saturated heterocycles. The predicted octanol–water partition coefficient (Wildman–Crippen LogP) is 1.12. The van der Waals surface area contributed by atoms with Crippen LogP contribution in [0.3, 0.4) is 0 Å². The van der Waals surface area contributed by atoms with Crippen molar-refractivity contribution in [1.82, 2.24) is 9.88 Å². The van der Waals surface area contributed by atoms with Crippen LogP contribution in [0.2, 0.25) is 0 Å². The van der Waals surface area contributed by atoms with E-state index >= 15 is 0 Å². The number of amides is 1. The van der Waals surface area contributed by atoms with E-state index in [0.717, 1.165) is 44.8 Å². The maximum atomic E-state index is 13.0. The van der Waals surface area contributed by atoms with Gasteiger partial charge in [-0.25, -0.2) is 0 Å². The molecule has 0 aliphatic carbocycles. The predicted molar refractivity (Wildman–Crippen MR) is 115 cm³/mol. The third-order valence-electron chi connectivity index (χ3n) is 5.96. The fourth-order valence-corrected chi connectivity index (χ4v) is 4.23. The monoisotopic (exact) mass is 422 g/mol. The topological polar surface area (TPSA) is 84.2 Å². The average molecular weight is 423 g/mol. The molecule has 2 N–H and O–H groups in total. The zero-order valence-corrected chi connectivity index (χ0v) is 17.7. The molecule has 2 aliphatic rings. The minimum Gasteiger partial charge on any atom is -0.507 e. The minimum absolute atomic E-state index is 0.103. The number of rotatable bonds is 6. The zero-order valence-electron chi connectivity index (χ0n) is 17.7. The number of quaternary nitrogens is 1. The van der Waals surface area contributed by atoms with Gasteiger partial charge in [0.25, 0.3) is 11.7 Å². The Morgan fingerprint density at radius 2 is 1.90 bits per heavy atom. The molecule has 31 heavy (non-hydrogen) atoms. The summed E-state index contributed by atoms with van der Waals surface area (Å²) in [7, 11) is 0. The van der Waals surface area contributed by atoms with Gasteiger partial charge >= 0.3 is 0 Å². The van der Waals surface area contributed by atoms with Crippen LogP contribution >= 0.6 is 0 Å². The first-order valence-corrected chi connectivity index (χ1v) is 10.7. The maximum absolute atomic E-state index is 13.0. The van der Waals surface area contributed by atoms with Crippen molar-refractivity contribution < 1.29 is 24.3 Å². The number of ketones is 1. The lowest BCUT2D eigenvalue weighted by molar-refractivity contribution is -0.908. The van der Waals surface area contributed by atoms with E-state index in [4.69, 9.17) is 4.74 Å². The molecule has 2 fully saturated rings. The van der Waals surface area contributed by atoms with Gasteiger partial charge in [-0.2, -0.15) is 0 Å². The molecule has 0 bridgehead atoms. The summed E-state index contributed by atoms with van der Waals surface area (Å²) in [5.74, 6) is -1.40. The number of hydrogen-bond donors (Lipinski definition) is 2. The van der Waals surface area contributed by atoms with E-state index in [1.54, 1.807) is 35.4 Å². The number of aryl methyl sites for hydroxylation is 1. The van der Waals surface area contributed by atoms with Gasteiger partial charge in [-0.1, -0.05) is 35.9 Å². The SMILES string of the molecule is Cc1ccc(C(O)=C2C(=O)C(=O)N(CCC[NH+]3CCOCC3)[C@H]2c2ccccn2)cc1. The van der Waals surface area contributed by atoms with E-state index in [2.05, 4.69) is 4.98 Å². The Morgan fingerprint density at radius 1 is 1.16 bits per heavy atom. The number of nitrogens with one attached hydrogen (secondary N) is 1. The summed E-state index contributed by atoms with van der Waals surface area (Å²) in [6, 6.07) is 12.0. The Morgan fingerprint density at radius 3 is 2.58 bits per heavy atom. The highest BCUT2D eigenvalue weighted by atomic mass is 16.5. The van der Waals surface area contributed by atoms with Gasteiger partial charge in [-0.05, 0) is 19.1 Å². The molecule has 1 aromatic carbocycles. The van der Waals surface area contributed by atoms with E-state index in [-0.39, 0.29) is 11.3 Å². The number of likely N-dealkylation sites (tertiary alicyclic amines) is 1. The molecule has 3 heterocycles. The van der Waals surface area contributed by atoms with Gasteiger partial charge in [0.15, 0.2) is 0 Å². The van der Waals surface area contributed by atoms with Crippen molar-refractivity contribution in [3.8, 4) is 0 Å². The smallest absolute Gasteiger partial charge is 0.295 e. The van der Waals surface area contributed by atoms with Crippen molar-refractivity contribution in [2.75, 3.05) is 39.4 Å². The highest BCUT2D eigenvalue weighted by Crippen LogP contribution is 2.38. The zero-order chi connectivity index (χ0) is 21.8. The summed E-state index contributed by atoms with van der Waals surface area (Å²) in [5, 5.41) is 11.0.